The molecule has 96 valence electrons. The molecule has 2 rings (SSSR count). The van der Waals surface area contributed by atoms with Crippen LogP contribution < -0.4 is 0 Å². The fraction of sp³-hybridized carbons (Fsp3) is 0.467. The van der Waals surface area contributed by atoms with Gasteiger partial charge in [-0.2, -0.15) is 0 Å². The number of rotatable bonds is 4. The number of benzene rings is 1. The highest BCUT2D eigenvalue weighted by Gasteiger charge is 2.23. The van der Waals surface area contributed by atoms with E-state index in [9.17, 15) is 9.59 Å². The molecular weight excluding hydrogens is 228 g/mol. The second kappa shape index (κ2) is 5.80. The van der Waals surface area contributed by atoms with Crippen molar-refractivity contribution in [3.63, 3.8) is 0 Å². The van der Waals surface area contributed by atoms with Crippen LogP contribution in [0.3, 0.4) is 0 Å². The summed E-state index contributed by atoms with van der Waals surface area (Å²) in [5.41, 5.74) is 1.79. The van der Waals surface area contributed by atoms with E-state index in [2.05, 4.69) is 4.74 Å². The fourth-order valence-corrected chi connectivity index (χ4v) is 2.64. The summed E-state index contributed by atoms with van der Waals surface area (Å²) in [6.07, 6.45) is 4.57. The normalized spacial score (nSPS) is 15.6. The van der Waals surface area contributed by atoms with Crippen LogP contribution in [0.25, 0.3) is 0 Å². The van der Waals surface area contributed by atoms with Crippen LogP contribution in [0.4, 0.5) is 0 Å². The predicted octanol–water partition coefficient (Wildman–Crippen LogP) is 3.09. The molecule has 18 heavy (non-hydrogen) atoms. The quantitative estimate of drug-likeness (QED) is 0.466. The zero-order valence-electron chi connectivity index (χ0n) is 10.6. The van der Waals surface area contributed by atoms with Gasteiger partial charge in [-0.1, -0.05) is 37.1 Å². The molecule has 1 aliphatic rings. The maximum Gasteiger partial charge on any atom is 0.313 e. The summed E-state index contributed by atoms with van der Waals surface area (Å²) in [6.45, 7) is 0. The van der Waals surface area contributed by atoms with Gasteiger partial charge in [-0.3, -0.25) is 9.59 Å². The van der Waals surface area contributed by atoms with E-state index in [1.807, 2.05) is 24.3 Å². The van der Waals surface area contributed by atoms with Crippen molar-refractivity contribution in [2.75, 3.05) is 7.11 Å². The molecule has 1 aromatic carbocycles. The smallest absolute Gasteiger partial charge is 0.313 e. The third-order valence-corrected chi connectivity index (χ3v) is 3.59. The van der Waals surface area contributed by atoms with E-state index in [-0.39, 0.29) is 12.2 Å². The van der Waals surface area contributed by atoms with Gasteiger partial charge in [0.1, 0.15) is 6.42 Å². The standard InChI is InChI=1S/C15H18O3/c1-18-15(17)10-14(16)13-9-5-4-8-12(13)11-6-2-3-7-11/h4-5,8-9,11H,2-3,6-7,10H2,1H3. The lowest BCUT2D eigenvalue weighted by atomic mass is 9.90. The van der Waals surface area contributed by atoms with Gasteiger partial charge in [-0.25, -0.2) is 0 Å². The summed E-state index contributed by atoms with van der Waals surface area (Å²) in [5, 5.41) is 0. The Bertz CT molecular complexity index is 445. The lowest BCUT2D eigenvalue weighted by molar-refractivity contribution is -0.139. The first-order valence-corrected chi connectivity index (χ1v) is 6.41. The van der Waals surface area contributed by atoms with Crippen LogP contribution in [-0.2, 0) is 9.53 Å². The number of esters is 1. The molecule has 1 fully saturated rings. The number of carbonyl (C=O) groups excluding carboxylic acids is 2. The van der Waals surface area contributed by atoms with Crippen LogP contribution in [0.1, 0.15) is 53.9 Å². The van der Waals surface area contributed by atoms with Crippen LogP contribution >= 0.6 is 0 Å². The Kier molecular flexibility index (Phi) is 4.13. The average Bonchev–Trinajstić information content (AvgIpc) is 2.92. The van der Waals surface area contributed by atoms with Crippen molar-refractivity contribution < 1.29 is 14.3 Å². The molecule has 0 spiro atoms. The van der Waals surface area contributed by atoms with Gasteiger partial charge in [-0.05, 0) is 24.3 Å². The second-order valence-electron chi connectivity index (χ2n) is 4.74. The Morgan fingerprint density at radius 1 is 1.22 bits per heavy atom. The molecule has 0 aliphatic heterocycles. The van der Waals surface area contributed by atoms with Gasteiger partial charge in [0, 0.05) is 5.56 Å². The first kappa shape index (κ1) is 12.8. The molecule has 3 heteroatoms. The van der Waals surface area contributed by atoms with Crippen LogP contribution in [0, 0.1) is 0 Å². The van der Waals surface area contributed by atoms with Crippen LogP contribution in [0.15, 0.2) is 24.3 Å². The molecule has 0 bridgehead atoms. The van der Waals surface area contributed by atoms with Gasteiger partial charge >= 0.3 is 5.97 Å². The Hall–Kier alpha value is -1.64. The lowest BCUT2D eigenvalue weighted by Crippen LogP contribution is -2.12. The van der Waals surface area contributed by atoms with Gasteiger partial charge in [-0.15, -0.1) is 0 Å². The molecule has 0 unspecified atom stereocenters. The zero-order chi connectivity index (χ0) is 13.0. The van der Waals surface area contributed by atoms with Crippen molar-refractivity contribution in [2.24, 2.45) is 0 Å². The highest BCUT2D eigenvalue weighted by Crippen LogP contribution is 2.36. The zero-order valence-corrected chi connectivity index (χ0v) is 10.6. The summed E-state index contributed by atoms with van der Waals surface area (Å²) in [5.74, 6) is -0.131. The van der Waals surface area contributed by atoms with E-state index in [4.69, 9.17) is 0 Å². The molecule has 0 amide bonds. The summed E-state index contributed by atoms with van der Waals surface area (Å²) in [7, 11) is 1.30. The summed E-state index contributed by atoms with van der Waals surface area (Å²) in [4.78, 5) is 23.3. The third-order valence-electron chi connectivity index (χ3n) is 3.59. The molecule has 0 aromatic heterocycles. The molecule has 0 heterocycles. The van der Waals surface area contributed by atoms with E-state index in [0.717, 1.165) is 18.4 Å². The molecule has 1 saturated carbocycles. The molecular formula is C15H18O3. The summed E-state index contributed by atoms with van der Waals surface area (Å²) in [6, 6.07) is 7.64. The van der Waals surface area contributed by atoms with Crippen LogP contribution in [0.2, 0.25) is 0 Å². The van der Waals surface area contributed by atoms with E-state index >= 15 is 0 Å². The van der Waals surface area contributed by atoms with Gasteiger partial charge in [0.25, 0.3) is 0 Å². The predicted molar refractivity (Wildman–Crippen MR) is 68.6 cm³/mol. The van der Waals surface area contributed by atoms with E-state index in [0.29, 0.717) is 11.5 Å². The molecule has 0 atom stereocenters. The molecule has 0 N–H and O–H groups in total. The number of hydrogen-bond acceptors (Lipinski definition) is 3. The number of ketones is 1. The number of methoxy groups -OCH3 is 1. The molecule has 1 aliphatic carbocycles. The molecule has 3 nitrogen and oxygen atoms in total. The number of Topliss-reactive ketones (excluding diaryl/α,β-unsaturated/α-hetero) is 1. The topological polar surface area (TPSA) is 43.4 Å². The monoisotopic (exact) mass is 246 g/mol. The highest BCUT2D eigenvalue weighted by atomic mass is 16.5. The Labute approximate surface area is 107 Å². The van der Waals surface area contributed by atoms with E-state index < -0.39 is 5.97 Å². The summed E-state index contributed by atoms with van der Waals surface area (Å²) < 4.78 is 4.55. The summed E-state index contributed by atoms with van der Waals surface area (Å²) >= 11 is 0. The average molecular weight is 246 g/mol. The maximum atomic E-state index is 12.1. The van der Waals surface area contributed by atoms with Crippen molar-refractivity contribution >= 4 is 11.8 Å². The van der Waals surface area contributed by atoms with Crippen molar-refractivity contribution in [2.45, 2.75) is 38.0 Å². The Morgan fingerprint density at radius 3 is 2.56 bits per heavy atom. The van der Waals surface area contributed by atoms with Crippen molar-refractivity contribution in [3.05, 3.63) is 35.4 Å². The van der Waals surface area contributed by atoms with Crippen molar-refractivity contribution in [3.8, 4) is 0 Å². The Morgan fingerprint density at radius 2 is 1.89 bits per heavy atom. The van der Waals surface area contributed by atoms with Gasteiger partial charge in [0.05, 0.1) is 7.11 Å². The number of hydrogen-bond donors (Lipinski definition) is 0. The SMILES string of the molecule is COC(=O)CC(=O)c1ccccc1C1CCCC1. The minimum absolute atomic E-state index is 0.135. The highest BCUT2D eigenvalue weighted by molar-refractivity contribution is 6.06. The Balaban J connectivity index is 2.21. The van der Waals surface area contributed by atoms with Crippen LogP contribution in [0.5, 0.6) is 0 Å². The van der Waals surface area contributed by atoms with E-state index in [1.54, 1.807) is 0 Å². The van der Waals surface area contributed by atoms with E-state index in [1.165, 1.54) is 20.0 Å². The molecule has 0 saturated heterocycles. The van der Waals surface area contributed by atoms with Gasteiger partial charge < -0.3 is 4.74 Å². The van der Waals surface area contributed by atoms with Gasteiger partial charge in [0.15, 0.2) is 5.78 Å². The number of ether oxygens (including phenoxy) is 1. The first-order chi connectivity index (χ1) is 8.72. The third kappa shape index (κ3) is 2.78. The van der Waals surface area contributed by atoms with Crippen LogP contribution in [-0.4, -0.2) is 18.9 Å². The lowest BCUT2D eigenvalue weighted by Gasteiger charge is -2.14. The fourth-order valence-electron chi connectivity index (χ4n) is 2.64. The largest absolute Gasteiger partial charge is 0.469 e. The van der Waals surface area contributed by atoms with Gasteiger partial charge in [0.2, 0.25) is 0 Å². The second-order valence-corrected chi connectivity index (χ2v) is 4.74. The number of carbonyl (C=O) groups is 2. The minimum atomic E-state index is -0.471. The maximum absolute atomic E-state index is 12.1. The molecule has 1 aromatic rings. The molecule has 0 radical (unpaired) electrons. The van der Waals surface area contributed by atoms with Crippen molar-refractivity contribution in [1.82, 2.24) is 0 Å². The first-order valence-electron chi connectivity index (χ1n) is 6.41. The minimum Gasteiger partial charge on any atom is -0.469 e. The van der Waals surface area contributed by atoms with Crippen molar-refractivity contribution in [1.29, 1.82) is 0 Å².